The number of cyclic esters (lactones) is 1. The van der Waals surface area contributed by atoms with Gasteiger partial charge in [0.25, 0.3) is 0 Å². The number of methoxy groups -OCH3 is 1. The SMILES string of the molecule is CO[C@]1(C)C[C@@H](C)CN(C)CCCN(C)COC(=O)C(C)C(=O)[C@H](C)[C@H]1O[C@@H]1O[C@H](C)C[C@H](N(C)C)[C@H]1O. The Hall–Kier alpha value is -1.14. The van der Waals surface area contributed by atoms with Crippen LogP contribution in [0, 0.1) is 17.8 Å². The van der Waals surface area contributed by atoms with E-state index in [0.29, 0.717) is 12.8 Å². The zero-order chi connectivity index (χ0) is 28.8. The number of carbonyl (C=O) groups excluding carboxylic acids is 2. The van der Waals surface area contributed by atoms with Crippen LogP contribution in [0.5, 0.6) is 0 Å². The van der Waals surface area contributed by atoms with Crippen molar-refractivity contribution in [1.29, 1.82) is 0 Å². The van der Waals surface area contributed by atoms with E-state index in [1.807, 2.05) is 44.8 Å². The number of hydrogen-bond acceptors (Lipinski definition) is 10. The van der Waals surface area contributed by atoms with Gasteiger partial charge in [-0.1, -0.05) is 13.8 Å². The summed E-state index contributed by atoms with van der Waals surface area (Å²) in [5.41, 5.74) is -0.881. The quantitative estimate of drug-likeness (QED) is 0.418. The molecule has 0 spiro atoms. The molecule has 0 aromatic rings. The number of Topliss-reactive ketones (excluding diaryl/α,β-unsaturated/α-hetero) is 1. The van der Waals surface area contributed by atoms with Crippen LogP contribution in [0.15, 0.2) is 0 Å². The number of aliphatic hydroxyl groups is 1. The molecule has 0 aromatic heterocycles. The van der Waals surface area contributed by atoms with Gasteiger partial charge in [0.05, 0.1) is 17.8 Å². The molecule has 2 fully saturated rings. The molecule has 2 saturated heterocycles. The van der Waals surface area contributed by atoms with E-state index >= 15 is 0 Å². The number of nitrogens with zero attached hydrogens (tertiary/aromatic N) is 3. The first-order valence-corrected chi connectivity index (χ1v) is 14.0. The third kappa shape index (κ3) is 8.68. The highest BCUT2D eigenvalue weighted by Gasteiger charge is 2.48. The minimum atomic E-state index is -0.965. The molecule has 222 valence electrons. The van der Waals surface area contributed by atoms with Gasteiger partial charge < -0.3 is 33.9 Å². The third-order valence-corrected chi connectivity index (χ3v) is 8.19. The van der Waals surface area contributed by atoms with Gasteiger partial charge in [0, 0.05) is 32.2 Å². The molecule has 1 unspecified atom stereocenters. The number of ether oxygens (including phenoxy) is 4. The molecule has 38 heavy (non-hydrogen) atoms. The average Bonchev–Trinajstić information content (AvgIpc) is 2.85. The molecule has 0 aliphatic carbocycles. The van der Waals surface area contributed by atoms with Crippen molar-refractivity contribution in [3.8, 4) is 0 Å². The van der Waals surface area contributed by atoms with E-state index in [9.17, 15) is 14.7 Å². The van der Waals surface area contributed by atoms with E-state index in [2.05, 4.69) is 18.9 Å². The molecule has 2 rings (SSSR count). The topological polar surface area (TPSA) is 101 Å². The highest BCUT2D eigenvalue weighted by molar-refractivity contribution is 5.99. The molecule has 1 N–H and O–H groups in total. The summed E-state index contributed by atoms with van der Waals surface area (Å²) in [6.45, 7) is 12.1. The molecule has 9 atom stereocenters. The van der Waals surface area contributed by atoms with E-state index in [1.165, 1.54) is 0 Å². The maximum absolute atomic E-state index is 13.7. The van der Waals surface area contributed by atoms with Crippen molar-refractivity contribution >= 4 is 11.8 Å². The summed E-state index contributed by atoms with van der Waals surface area (Å²) < 4.78 is 24.2. The Balaban J connectivity index is 2.43. The average molecular weight is 544 g/mol. The van der Waals surface area contributed by atoms with Gasteiger partial charge in [-0.3, -0.25) is 14.5 Å². The lowest BCUT2D eigenvalue weighted by molar-refractivity contribution is -0.295. The Bertz CT molecular complexity index is 769. The van der Waals surface area contributed by atoms with Crippen molar-refractivity contribution in [1.82, 2.24) is 14.7 Å². The summed E-state index contributed by atoms with van der Waals surface area (Å²) >= 11 is 0. The van der Waals surface area contributed by atoms with Crippen LogP contribution < -0.4 is 0 Å². The van der Waals surface area contributed by atoms with Crippen LogP contribution in [-0.4, -0.2) is 129 Å². The zero-order valence-electron chi connectivity index (χ0n) is 25.3. The van der Waals surface area contributed by atoms with E-state index in [0.717, 1.165) is 26.1 Å². The summed E-state index contributed by atoms with van der Waals surface area (Å²) in [4.78, 5) is 32.7. The maximum atomic E-state index is 13.7. The number of aliphatic hydroxyl groups excluding tert-OH is 1. The van der Waals surface area contributed by atoms with Gasteiger partial charge in [0.2, 0.25) is 0 Å². The summed E-state index contributed by atoms with van der Waals surface area (Å²) in [6.07, 6.45) is -0.559. The fraction of sp³-hybridized carbons (Fsp3) is 0.929. The van der Waals surface area contributed by atoms with E-state index in [-0.39, 0.29) is 30.6 Å². The first-order chi connectivity index (χ1) is 17.7. The molecule has 0 bridgehead atoms. The maximum Gasteiger partial charge on any atom is 0.317 e. The lowest BCUT2D eigenvalue weighted by Gasteiger charge is -2.46. The molecule has 2 aliphatic rings. The Morgan fingerprint density at radius 3 is 2.32 bits per heavy atom. The number of ketones is 1. The highest BCUT2D eigenvalue weighted by atomic mass is 16.7. The Labute approximate surface area is 229 Å². The highest BCUT2D eigenvalue weighted by Crippen LogP contribution is 2.36. The lowest BCUT2D eigenvalue weighted by Crippen LogP contribution is -2.59. The lowest BCUT2D eigenvalue weighted by atomic mass is 9.78. The second-order valence-corrected chi connectivity index (χ2v) is 12.2. The number of hydrogen-bond donors (Lipinski definition) is 1. The van der Waals surface area contributed by atoms with Gasteiger partial charge in [-0.05, 0) is 80.7 Å². The fourth-order valence-electron chi connectivity index (χ4n) is 5.92. The van der Waals surface area contributed by atoms with E-state index in [4.69, 9.17) is 18.9 Å². The molecule has 0 aromatic carbocycles. The Kier molecular flexibility index (Phi) is 12.6. The van der Waals surface area contributed by atoms with Crippen LogP contribution in [0.3, 0.4) is 0 Å². The van der Waals surface area contributed by atoms with Gasteiger partial charge >= 0.3 is 5.97 Å². The molecule has 0 amide bonds. The first-order valence-electron chi connectivity index (χ1n) is 14.0. The van der Waals surface area contributed by atoms with Gasteiger partial charge in [-0.2, -0.15) is 0 Å². The van der Waals surface area contributed by atoms with E-state index < -0.39 is 41.9 Å². The van der Waals surface area contributed by atoms with Crippen LogP contribution in [0.2, 0.25) is 0 Å². The molecule has 10 nitrogen and oxygen atoms in total. The monoisotopic (exact) mass is 543 g/mol. The van der Waals surface area contributed by atoms with Crippen LogP contribution in [0.1, 0.15) is 53.9 Å². The molecule has 10 heteroatoms. The number of carbonyl (C=O) groups is 2. The molecular formula is C28H53N3O7. The van der Waals surface area contributed by atoms with Gasteiger partial charge in [0.15, 0.2) is 12.1 Å². The molecular weight excluding hydrogens is 490 g/mol. The summed E-state index contributed by atoms with van der Waals surface area (Å²) in [5, 5.41) is 11.2. The predicted octanol–water partition coefficient (Wildman–Crippen LogP) is 1.84. The van der Waals surface area contributed by atoms with Crippen molar-refractivity contribution < 1.29 is 33.6 Å². The number of likely N-dealkylation sites (N-methyl/N-ethyl adjacent to an activating group) is 1. The van der Waals surface area contributed by atoms with E-state index in [1.54, 1.807) is 21.0 Å². The van der Waals surface area contributed by atoms with Crippen molar-refractivity contribution in [2.75, 3.05) is 61.7 Å². The minimum Gasteiger partial charge on any atom is -0.449 e. The van der Waals surface area contributed by atoms with Crippen LogP contribution in [-0.2, 0) is 28.5 Å². The van der Waals surface area contributed by atoms with Crippen molar-refractivity contribution in [2.24, 2.45) is 17.8 Å². The summed E-state index contributed by atoms with van der Waals surface area (Å²) in [5.74, 6) is -2.29. The predicted molar refractivity (Wildman–Crippen MR) is 146 cm³/mol. The van der Waals surface area contributed by atoms with Crippen LogP contribution >= 0.6 is 0 Å². The fourth-order valence-corrected chi connectivity index (χ4v) is 5.92. The minimum absolute atomic E-state index is 0.132. The zero-order valence-corrected chi connectivity index (χ0v) is 25.3. The first kappa shape index (κ1) is 33.1. The molecule has 2 heterocycles. The number of esters is 1. The van der Waals surface area contributed by atoms with Gasteiger partial charge in [0.1, 0.15) is 18.8 Å². The summed E-state index contributed by atoms with van der Waals surface area (Å²) in [7, 11) is 9.46. The number of rotatable bonds is 4. The Morgan fingerprint density at radius 2 is 1.71 bits per heavy atom. The third-order valence-electron chi connectivity index (χ3n) is 8.19. The van der Waals surface area contributed by atoms with Gasteiger partial charge in [-0.25, -0.2) is 0 Å². The second-order valence-electron chi connectivity index (χ2n) is 12.2. The summed E-state index contributed by atoms with van der Waals surface area (Å²) in [6, 6.07) is -0.159. The van der Waals surface area contributed by atoms with Crippen LogP contribution in [0.4, 0.5) is 0 Å². The molecule has 2 aliphatic heterocycles. The Morgan fingerprint density at radius 1 is 1.08 bits per heavy atom. The normalized spacial score (nSPS) is 40.3. The standard InChI is InChI=1S/C28H53N3O7/c1-18-15-28(5,35-10)25(38-27-24(33)22(29(6)7)14-19(2)37-27)20(3)23(32)21(4)26(34)36-17-31(9)13-11-12-30(8)16-18/h18-22,24-25,27,33H,11-17H2,1-10H3/t18-,19-,20+,21?,22+,24-,25-,27+,28-/m1/s1. The van der Waals surface area contributed by atoms with Gasteiger partial charge in [-0.15, -0.1) is 0 Å². The largest absolute Gasteiger partial charge is 0.449 e. The molecule has 0 radical (unpaired) electrons. The molecule has 0 saturated carbocycles. The van der Waals surface area contributed by atoms with Crippen molar-refractivity contribution in [2.45, 2.75) is 90.1 Å². The van der Waals surface area contributed by atoms with Crippen LogP contribution in [0.25, 0.3) is 0 Å². The second kappa shape index (κ2) is 14.5. The van der Waals surface area contributed by atoms with Crippen molar-refractivity contribution in [3.63, 3.8) is 0 Å². The smallest absolute Gasteiger partial charge is 0.317 e. The van der Waals surface area contributed by atoms with Crippen molar-refractivity contribution in [3.05, 3.63) is 0 Å².